The lowest BCUT2D eigenvalue weighted by Crippen LogP contribution is -2.38. The van der Waals surface area contributed by atoms with Crippen LogP contribution < -0.4 is 10.6 Å². The van der Waals surface area contributed by atoms with Crippen molar-refractivity contribution in [3.8, 4) is 0 Å². The first kappa shape index (κ1) is 24.7. The second kappa shape index (κ2) is 11.0. The first-order valence-electron chi connectivity index (χ1n) is 8.63. The van der Waals surface area contributed by atoms with E-state index >= 15 is 0 Å². The molecule has 0 spiro atoms. The van der Waals surface area contributed by atoms with Crippen molar-refractivity contribution in [2.45, 2.75) is 19.3 Å². The van der Waals surface area contributed by atoms with Crippen LogP contribution in [0.5, 0.6) is 0 Å². The smallest absolute Gasteiger partial charge is 0.355 e. The van der Waals surface area contributed by atoms with Crippen LogP contribution in [0, 0.1) is 0 Å². The molecular weight excluding hydrogens is 496 g/mol. The lowest BCUT2D eigenvalue weighted by Gasteiger charge is -2.22. The van der Waals surface area contributed by atoms with Crippen molar-refractivity contribution in [3.05, 3.63) is 70.8 Å². The molecule has 0 unspecified atom stereocenters. The molecule has 2 rings (SSSR count). The average molecular weight is 520 g/mol. The zero-order valence-corrected chi connectivity index (χ0v) is 18.7. The van der Waals surface area contributed by atoms with Gasteiger partial charge in [-0.3, -0.25) is 9.79 Å². The zero-order valence-electron chi connectivity index (χ0n) is 16.4. The zero-order chi connectivity index (χ0) is 20.7. The van der Waals surface area contributed by atoms with Gasteiger partial charge in [0.05, 0.1) is 5.56 Å². The van der Waals surface area contributed by atoms with Gasteiger partial charge in [0.1, 0.15) is 0 Å². The molecule has 0 bridgehead atoms. The molecule has 0 fully saturated rings. The Labute approximate surface area is 185 Å². The minimum atomic E-state index is -4.34. The maximum Gasteiger partial charge on any atom is 0.416 e. The lowest BCUT2D eigenvalue weighted by atomic mass is 10.1. The number of hydrogen-bond donors (Lipinski definition) is 2. The summed E-state index contributed by atoms with van der Waals surface area (Å²) in [6.45, 7) is 0.908. The van der Waals surface area contributed by atoms with E-state index in [1.165, 1.54) is 12.1 Å². The molecule has 0 heterocycles. The number of benzene rings is 2. The van der Waals surface area contributed by atoms with E-state index in [1.807, 2.05) is 24.1 Å². The molecule has 2 N–H and O–H groups in total. The van der Waals surface area contributed by atoms with E-state index < -0.39 is 11.7 Å². The molecule has 9 heteroatoms. The van der Waals surface area contributed by atoms with Gasteiger partial charge in [0, 0.05) is 39.8 Å². The van der Waals surface area contributed by atoms with Crippen molar-refractivity contribution in [1.82, 2.24) is 15.5 Å². The Morgan fingerprint density at radius 1 is 1.03 bits per heavy atom. The number of amides is 1. The van der Waals surface area contributed by atoms with Crippen LogP contribution in [0.1, 0.15) is 27.0 Å². The maximum absolute atomic E-state index is 12.7. The van der Waals surface area contributed by atoms with Crippen LogP contribution in [-0.2, 0) is 19.3 Å². The summed E-state index contributed by atoms with van der Waals surface area (Å²) in [5, 5.41) is 5.77. The van der Waals surface area contributed by atoms with Gasteiger partial charge in [0.15, 0.2) is 5.96 Å². The Hall–Kier alpha value is -2.30. The van der Waals surface area contributed by atoms with Gasteiger partial charge < -0.3 is 15.5 Å². The van der Waals surface area contributed by atoms with E-state index in [1.54, 1.807) is 26.2 Å². The fourth-order valence-corrected chi connectivity index (χ4v) is 2.63. The van der Waals surface area contributed by atoms with Crippen molar-refractivity contribution in [2.75, 3.05) is 21.1 Å². The molecule has 1 amide bonds. The highest BCUT2D eigenvalue weighted by atomic mass is 127. The minimum absolute atomic E-state index is 0. The fraction of sp³-hybridized carbons (Fsp3) is 0.300. The quantitative estimate of drug-likeness (QED) is 0.358. The van der Waals surface area contributed by atoms with Crippen LogP contribution in [0.3, 0.4) is 0 Å². The number of guanidine groups is 1. The summed E-state index contributed by atoms with van der Waals surface area (Å²) in [7, 11) is 5.02. The average Bonchev–Trinajstić information content (AvgIpc) is 2.68. The molecule has 0 aliphatic carbocycles. The summed E-state index contributed by atoms with van der Waals surface area (Å²) in [6, 6.07) is 12.3. The molecule has 29 heavy (non-hydrogen) atoms. The first-order chi connectivity index (χ1) is 13.2. The topological polar surface area (TPSA) is 56.7 Å². The van der Waals surface area contributed by atoms with Gasteiger partial charge >= 0.3 is 6.18 Å². The minimum Gasteiger partial charge on any atom is -0.355 e. The van der Waals surface area contributed by atoms with Crippen molar-refractivity contribution < 1.29 is 18.0 Å². The molecule has 2 aromatic rings. The number of rotatable bonds is 5. The van der Waals surface area contributed by atoms with Gasteiger partial charge in [-0.05, 0) is 35.4 Å². The molecule has 0 radical (unpaired) electrons. The van der Waals surface area contributed by atoms with Gasteiger partial charge in [-0.15, -0.1) is 24.0 Å². The van der Waals surface area contributed by atoms with Crippen LogP contribution in [0.2, 0.25) is 0 Å². The number of hydrogen-bond acceptors (Lipinski definition) is 2. The van der Waals surface area contributed by atoms with E-state index in [-0.39, 0.29) is 29.9 Å². The second-order valence-electron chi connectivity index (χ2n) is 6.23. The van der Waals surface area contributed by atoms with E-state index in [2.05, 4.69) is 15.6 Å². The molecular formula is C20H24F3IN4O. The van der Waals surface area contributed by atoms with Crippen LogP contribution in [0.25, 0.3) is 0 Å². The van der Waals surface area contributed by atoms with Gasteiger partial charge in [0.25, 0.3) is 5.91 Å². The van der Waals surface area contributed by atoms with Crippen LogP contribution >= 0.6 is 24.0 Å². The second-order valence-corrected chi connectivity index (χ2v) is 6.23. The summed E-state index contributed by atoms with van der Waals surface area (Å²) in [5.41, 5.74) is 1.63. The highest BCUT2D eigenvalue weighted by Gasteiger charge is 2.29. The lowest BCUT2D eigenvalue weighted by molar-refractivity contribution is -0.137. The Balaban J connectivity index is 0.00000420. The van der Waals surface area contributed by atoms with Crippen molar-refractivity contribution in [3.63, 3.8) is 0 Å². The highest BCUT2D eigenvalue weighted by Crippen LogP contribution is 2.29. The van der Waals surface area contributed by atoms with Crippen molar-refractivity contribution >= 4 is 35.8 Å². The number of carbonyl (C=O) groups is 1. The van der Waals surface area contributed by atoms with Gasteiger partial charge in [-0.1, -0.05) is 24.3 Å². The van der Waals surface area contributed by atoms with Crippen LogP contribution in [0.4, 0.5) is 13.2 Å². The molecule has 2 aromatic carbocycles. The number of nitrogens with zero attached hydrogens (tertiary/aromatic N) is 2. The SMILES string of the molecule is CN=C(NCc1ccc(C(=O)NC)cc1)N(C)Cc1ccc(C(F)(F)F)cc1.I. The largest absolute Gasteiger partial charge is 0.416 e. The van der Waals surface area contributed by atoms with Gasteiger partial charge in [-0.25, -0.2) is 0 Å². The Morgan fingerprint density at radius 2 is 1.59 bits per heavy atom. The number of alkyl halides is 3. The number of nitrogens with one attached hydrogen (secondary N) is 2. The summed E-state index contributed by atoms with van der Waals surface area (Å²) < 4.78 is 38.0. The number of aliphatic imine (C=N–C) groups is 1. The van der Waals surface area contributed by atoms with Crippen molar-refractivity contribution in [2.24, 2.45) is 4.99 Å². The third kappa shape index (κ3) is 7.22. The predicted octanol–water partition coefficient (Wildman–Crippen LogP) is 3.89. The molecule has 5 nitrogen and oxygen atoms in total. The normalized spacial score (nSPS) is 11.4. The summed E-state index contributed by atoms with van der Waals surface area (Å²) in [4.78, 5) is 17.6. The Kier molecular flexibility index (Phi) is 9.41. The molecule has 0 atom stereocenters. The standard InChI is InChI=1S/C20H23F3N4O.HI/c1-24-18(28)16-8-4-14(5-9-16)12-26-19(25-2)27(3)13-15-6-10-17(11-7-15)20(21,22)23;/h4-11H,12-13H2,1-3H3,(H,24,28)(H,25,26);1H. The monoisotopic (exact) mass is 520 g/mol. The molecule has 0 aliphatic rings. The molecule has 0 aliphatic heterocycles. The third-order valence-corrected chi connectivity index (χ3v) is 4.17. The fourth-order valence-electron chi connectivity index (χ4n) is 2.63. The molecule has 0 saturated carbocycles. The molecule has 0 aromatic heterocycles. The predicted molar refractivity (Wildman–Crippen MR) is 118 cm³/mol. The number of halogens is 4. The van der Waals surface area contributed by atoms with Crippen LogP contribution in [-0.4, -0.2) is 37.9 Å². The molecule has 158 valence electrons. The van der Waals surface area contributed by atoms with E-state index in [0.29, 0.717) is 24.6 Å². The first-order valence-corrected chi connectivity index (χ1v) is 8.63. The maximum atomic E-state index is 12.7. The van der Waals surface area contributed by atoms with Crippen molar-refractivity contribution in [1.29, 1.82) is 0 Å². The third-order valence-electron chi connectivity index (χ3n) is 4.17. The Morgan fingerprint density at radius 3 is 2.07 bits per heavy atom. The van der Waals surface area contributed by atoms with E-state index in [0.717, 1.165) is 23.3 Å². The van der Waals surface area contributed by atoms with Crippen LogP contribution in [0.15, 0.2) is 53.5 Å². The van der Waals surface area contributed by atoms with E-state index in [9.17, 15) is 18.0 Å². The number of carbonyl (C=O) groups excluding carboxylic acids is 1. The summed E-state index contributed by atoms with van der Waals surface area (Å²) in [6.07, 6.45) is -4.34. The Bertz CT molecular complexity index is 821. The van der Waals surface area contributed by atoms with E-state index in [4.69, 9.17) is 0 Å². The van der Waals surface area contributed by atoms with Gasteiger partial charge in [-0.2, -0.15) is 13.2 Å². The highest BCUT2D eigenvalue weighted by molar-refractivity contribution is 14.0. The summed E-state index contributed by atoms with van der Waals surface area (Å²) in [5.74, 6) is 0.460. The molecule has 0 saturated heterocycles. The van der Waals surface area contributed by atoms with Gasteiger partial charge in [0.2, 0.25) is 0 Å². The summed E-state index contributed by atoms with van der Waals surface area (Å²) >= 11 is 0.